The van der Waals surface area contributed by atoms with E-state index in [4.69, 9.17) is 0 Å². The van der Waals surface area contributed by atoms with Crippen molar-refractivity contribution in [1.29, 1.82) is 0 Å². The second-order valence-corrected chi connectivity index (χ2v) is 6.06. The maximum absolute atomic E-state index is 4.54. The molecule has 2 heterocycles. The lowest BCUT2D eigenvalue weighted by Crippen LogP contribution is -2.28. The molecule has 20 heavy (non-hydrogen) atoms. The first-order valence-corrected chi connectivity index (χ1v) is 7.81. The van der Waals surface area contributed by atoms with Gasteiger partial charge in [-0.3, -0.25) is 5.10 Å². The molecule has 0 bridgehead atoms. The van der Waals surface area contributed by atoms with Gasteiger partial charge in [0.2, 0.25) is 0 Å². The van der Waals surface area contributed by atoms with Crippen LogP contribution in [0, 0.1) is 6.92 Å². The highest BCUT2D eigenvalue weighted by Crippen LogP contribution is 2.29. The number of aromatic nitrogens is 2. The molecular formula is C15H19BrN4. The minimum absolute atomic E-state index is 1.02. The molecule has 0 amide bonds. The molecule has 1 aromatic heterocycles. The van der Waals surface area contributed by atoms with Crippen LogP contribution >= 0.6 is 15.9 Å². The Morgan fingerprint density at radius 2 is 1.95 bits per heavy atom. The van der Waals surface area contributed by atoms with Gasteiger partial charge in [-0.15, -0.1) is 0 Å². The highest BCUT2D eigenvalue weighted by Gasteiger charge is 2.17. The third-order valence-electron chi connectivity index (χ3n) is 3.76. The molecule has 0 radical (unpaired) electrons. The Bertz CT molecular complexity index is 568. The van der Waals surface area contributed by atoms with Gasteiger partial charge >= 0.3 is 0 Å². The van der Waals surface area contributed by atoms with E-state index in [0.29, 0.717) is 0 Å². The van der Waals surface area contributed by atoms with Crippen molar-refractivity contribution in [1.82, 2.24) is 15.5 Å². The summed E-state index contributed by atoms with van der Waals surface area (Å²) in [5, 5.41) is 11.2. The van der Waals surface area contributed by atoms with Crippen LogP contribution in [0.25, 0.3) is 11.3 Å². The van der Waals surface area contributed by atoms with Gasteiger partial charge in [-0.2, -0.15) is 5.10 Å². The summed E-state index contributed by atoms with van der Waals surface area (Å²) < 4.78 is 1.09. The quantitative estimate of drug-likeness (QED) is 0.887. The molecule has 3 rings (SSSR count). The van der Waals surface area contributed by atoms with E-state index in [-0.39, 0.29) is 0 Å². The second-order valence-electron chi connectivity index (χ2n) is 5.14. The minimum Gasteiger partial charge on any atom is -0.354 e. The molecule has 1 fully saturated rings. The maximum Gasteiger partial charge on any atom is 0.153 e. The molecule has 0 aliphatic carbocycles. The first kappa shape index (κ1) is 13.6. The standard InChI is InChI=1S/C15H19BrN4/c1-11-14(12-3-5-13(16)6-4-12)18-19-15(11)20-9-2-7-17-8-10-20/h3-6,17H,2,7-10H2,1H3,(H,18,19). The topological polar surface area (TPSA) is 44.0 Å². The fourth-order valence-electron chi connectivity index (χ4n) is 2.65. The molecule has 4 nitrogen and oxygen atoms in total. The van der Waals surface area contributed by atoms with E-state index in [1.54, 1.807) is 0 Å². The fourth-order valence-corrected chi connectivity index (χ4v) is 2.92. The molecule has 2 N–H and O–H groups in total. The highest BCUT2D eigenvalue weighted by atomic mass is 79.9. The Morgan fingerprint density at radius 3 is 2.75 bits per heavy atom. The number of hydrogen-bond acceptors (Lipinski definition) is 3. The number of hydrogen-bond donors (Lipinski definition) is 2. The van der Waals surface area contributed by atoms with Crippen molar-refractivity contribution in [2.75, 3.05) is 31.1 Å². The van der Waals surface area contributed by atoms with Gasteiger partial charge in [0.15, 0.2) is 5.82 Å². The average Bonchev–Trinajstić information content (AvgIpc) is 2.67. The van der Waals surface area contributed by atoms with Crippen molar-refractivity contribution in [2.24, 2.45) is 0 Å². The summed E-state index contributed by atoms with van der Waals surface area (Å²) >= 11 is 3.47. The maximum atomic E-state index is 4.54. The van der Waals surface area contributed by atoms with Gasteiger partial charge in [-0.05, 0) is 37.6 Å². The number of aromatic amines is 1. The zero-order valence-electron chi connectivity index (χ0n) is 11.6. The third-order valence-corrected chi connectivity index (χ3v) is 4.29. The van der Waals surface area contributed by atoms with Crippen molar-refractivity contribution < 1.29 is 0 Å². The van der Waals surface area contributed by atoms with Crippen LogP contribution in [-0.4, -0.2) is 36.4 Å². The Balaban J connectivity index is 1.89. The first-order chi connectivity index (χ1) is 9.75. The summed E-state index contributed by atoms with van der Waals surface area (Å²) in [5.41, 5.74) is 3.52. The lowest BCUT2D eigenvalue weighted by Gasteiger charge is -2.20. The van der Waals surface area contributed by atoms with E-state index in [9.17, 15) is 0 Å². The minimum atomic E-state index is 1.02. The van der Waals surface area contributed by atoms with E-state index in [2.05, 4.69) is 67.5 Å². The van der Waals surface area contributed by atoms with Gasteiger partial charge in [0.25, 0.3) is 0 Å². The Labute approximate surface area is 127 Å². The summed E-state index contributed by atoms with van der Waals surface area (Å²) in [6.07, 6.45) is 1.17. The Morgan fingerprint density at radius 1 is 1.15 bits per heavy atom. The highest BCUT2D eigenvalue weighted by molar-refractivity contribution is 9.10. The second kappa shape index (κ2) is 5.97. The number of nitrogens with zero attached hydrogens (tertiary/aromatic N) is 2. The number of anilines is 1. The molecule has 1 saturated heterocycles. The first-order valence-electron chi connectivity index (χ1n) is 7.02. The van der Waals surface area contributed by atoms with Crippen LogP contribution < -0.4 is 10.2 Å². The van der Waals surface area contributed by atoms with Crippen molar-refractivity contribution in [3.63, 3.8) is 0 Å². The summed E-state index contributed by atoms with van der Waals surface area (Å²) in [6.45, 7) is 6.36. The van der Waals surface area contributed by atoms with E-state index in [1.165, 1.54) is 17.5 Å². The third kappa shape index (κ3) is 2.74. The number of nitrogens with one attached hydrogen (secondary N) is 2. The number of rotatable bonds is 2. The number of halogens is 1. The number of H-pyrrole nitrogens is 1. The Kier molecular flexibility index (Phi) is 4.08. The zero-order valence-corrected chi connectivity index (χ0v) is 13.2. The molecule has 2 aromatic rings. The van der Waals surface area contributed by atoms with E-state index >= 15 is 0 Å². The Hall–Kier alpha value is -1.33. The molecule has 1 aliphatic heterocycles. The lowest BCUT2D eigenvalue weighted by molar-refractivity contribution is 0.724. The van der Waals surface area contributed by atoms with Crippen LogP contribution in [0.5, 0.6) is 0 Å². The SMILES string of the molecule is Cc1c(N2CCCNCC2)n[nH]c1-c1ccc(Br)cc1. The van der Waals surface area contributed by atoms with Gasteiger partial charge in [-0.1, -0.05) is 28.1 Å². The molecule has 0 atom stereocenters. The van der Waals surface area contributed by atoms with Crippen molar-refractivity contribution in [2.45, 2.75) is 13.3 Å². The summed E-state index contributed by atoms with van der Waals surface area (Å²) in [4.78, 5) is 2.37. The van der Waals surface area contributed by atoms with E-state index < -0.39 is 0 Å². The summed E-state index contributed by atoms with van der Waals surface area (Å²) in [5.74, 6) is 1.09. The van der Waals surface area contributed by atoms with Gasteiger partial charge in [-0.25, -0.2) is 0 Å². The van der Waals surface area contributed by atoms with Crippen molar-refractivity contribution in [3.8, 4) is 11.3 Å². The van der Waals surface area contributed by atoms with Crippen LogP contribution in [0.15, 0.2) is 28.7 Å². The predicted octanol–water partition coefficient (Wildman–Crippen LogP) is 2.95. The zero-order chi connectivity index (χ0) is 13.9. The van der Waals surface area contributed by atoms with Gasteiger partial charge < -0.3 is 10.2 Å². The molecule has 0 unspecified atom stereocenters. The van der Waals surface area contributed by atoms with Gasteiger partial charge in [0, 0.05) is 29.7 Å². The normalized spacial score (nSPS) is 16.2. The van der Waals surface area contributed by atoms with Gasteiger partial charge in [0.05, 0.1) is 5.69 Å². The molecule has 1 aromatic carbocycles. The fraction of sp³-hybridized carbons (Fsp3) is 0.400. The largest absolute Gasteiger partial charge is 0.354 e. The van der Waals surface area contributed by atoms with Crippen LogP contribution in [0.3, 0.4) is 0 Å². The molecule has 0 saturated carbocycles. The molecule has 106 valence electrons. The van der Waals surface area contributed by atoms with Crippen LogP contribution in [0.1, 0.15) is 12.0 Å². The van der Waals surface area contributed by atoms with E-state index in [1.807, 2.05) is 0 Å². The molecule has 0 spiro atoms. The predicted molar refractivity (Wildman–Crippen MR) is 86.2 cm³/mol. The average molecular weight is 335 g/mol. The smallest absolute Gasteiger partial charge is 0.153 e. The van der Waals surface area contributed by atoms with Crippen LogP contribution in [-0.2, 0) is 0 Å². The van der Waals surface area contributed by atoms with Crippen LogP contribution in [0.2, 0.25) is 0 Å². The molecule has 5 heteroatoms. The van der Waals surface area contributed by atoms with E-state index in [0.717, 1.165) is 42.2 Å². The summed E-state index contributed by atoms with van der Waals surface area (Å²) in [6, 6.07) is 8.34. The number of benzene rings is 1. The monoisotopic (exact) mass is 334 g/mol. The van der Waals surface area contributed by atoms with Crippen LogP contribution in [0.4, 0.5) is 5.82 Å². The summed E-state index contributed by atoms with van der Waals surface area (Å²) in [7, 11) is 0. The van der Waals surface area contributed by atoms with Crippen molar-refractivity contribution in [3.05, 3.63) is 34.3 Å². The lowest BCUT2D eigenvalue weighted by atomic mass is 10.1. The molecule has 1 aliphatic rings. The van der Waals surface area contributed by atoms with Gasteiger partial charge in [0.1, 0.15) is 0 Å². The molecular weight excluding hydrogens is 316 g/mol. The van der Waals surface area contributed by atoms with Crippen molar-refractivity contribution >= 4 is 21.7 Å².